The second-order valence-electron chi connectivity index (χ2n) is 4.06. The zero-order valence-corrected chi connectivity index (χ0v) is 11.4. The molecule has 1 aromatic heterocycles. The fraction of sp³-hybridized carbons (Fsp3) is 0.308. The van der Waals surface area contributed by atoms with E-state index < -0.39 is 0 Å². The molecule has 0 atom stereocenters. The fourth-order valence-corrected chi connectivity index (χ4v) is 2.70. The Morgan fingerprint density at radius 2 is 2.00 bits per heavy atom. The molecule has 2 aromatic rings. The van der Waals surface area contributed by atoms with E-state index in [-0.39, 0.29) is 0 Å². The Morgan fingerprint density at radius 3 is 2.62 bits per heavy atom. The van der Waals surface area contributed by atoms with Gasteiger partial charge in [-0.3, -0.25) is 4.98 Å². The molecule has 0 fully saturated rings. The number of rotatable bonds is 1. The molecule has 16 heavy (non-hydrogen) atoms. The van der Waals surface area contributed by atoms with Crippen LogP contribution >= 0.6 is 15.9 Å². The van der Waals surface area contributed by atoms with E-state index in [1.54, 1.807) is 0 Å². The molecule has 1 aromatic carbocycles. The third-order valence-electron chi connectivity index (χ3n) is 2.95. The van der Waals surface area contributed by atoms with Crippen LogP contribution < -0.4 is 5.73 Å². The lowest BCUT2D eigenvalue weighted by atomic mass is 10.0. The van der Waals surface area contributed by atoms with Crippen molar-refractivity contribution in [1.29, 1.82) is 0 Å². The van der Waals surface area contributed by atoms with Crippen LogP contribution in [-0.2, 0) is 6.42 Å². The highest BCUT2D eigenvalue weighted by molar-refractivity contribution is 9.10. The number of hydrogen-bond donors (Lipinski definition) is 1. The minimum absolute atomic E-state index is 0.870. The van der Waals surface area contributed by atoms with Crippen LogP contribution in [0, 0.1) is 13.8 Å². The van der Waals surface area contributed by atoms with E-state index in [0.717, 1.165) is 44.3 Å². The predicted molar refractivity (Wildman–Crippen MR) is 72.7 cm³/mol. The quantitative estimate of drug-likeness (QED) is 0.863. The van der Waals surface area contributed by atoms with Gasteiger partial charge in [0.25, 0.3) is 0 Å². The molecule has 0 aliphatic rings. The van der Waals surface area contributed by atoms with Gasteiger partial charge in [-0.25, -0.2) is 0 Å². The number of anilines is 1. The minimum atomic E-state index is 0.870. The van der Waals surface area contributed by atoms with Gasteiger partial charge < -0.3 is 5.73 Å². The first-order valence-corrected chi connectivity index (χ1v) is 6.18. The van der Waals surface area contributed by atoms with E-state index in [1.807, 2.05) is 13.0 Å². The molecule has 0 saturated heterocycles. The third-order valence-corrected chi connectivity index (χ3v) is 3.41. The molecule has 0 spiro atoms. The number of halogens is 1. The molecule has 2 N–H and O–H groups in total. The van der Waals surface area contributed by atoms with Crippen molar-refractivity contribution in [3.63, 3.8) is 0 Å². The van der Waals surface area contributed by atoms with Crippen LogP contribution in [0.1, 0.15) is 23.7 Å². The SMILES string of the molecule is CCc1c(C)nc2c(C)cc(Br)cc2c1N. The van der Waals surface area contributed by atoms with Crippen LogP contribution in [0.3, 0.4) is 0 Å². The summed E-state index contributed by atoms with van der Waals surface area (Å²) in [5, 5.41) is 1.05. The number of aryl methyl sites for hydroxylation is 2. The lowest BCUT2D eigenvalue weighted by molar-refractivity contribution is 1.07. The molecular formula is C13H15BrN2. The van der Waals surface area contributed by atoms with Crippen molar-refractivity contribution in [3.8, 4) is 0 Å². The first kappa shape index (κ1) is 11.4. The van der Waals surface area contributed by atoms with Crippen molar-refractivity contribution in [2.45, 2.75) is 27.2 Å². The second-order valence-corrected chi connectivity index (χ2v) is 4.98. The first-order valence-electron chi connectivity index (χ1n) is 5.39. The molecule has 0 saturated carbocycles. The molecule has 84 valence electrons. The molecule has 0 aliphatic carbocycles. The van der Waals surface area contributed by atoms with E-state index in [4.69, 9.17) is 5.73 Å². The number of fused-ring (bicyclic) bond motifs is 1. The highest BCUT2D eigenvalue weighted by Gasteiger charge is 2.10. The maximum atomic E-state index is 6.21. The fourth-order valence-electron chi connectivity index (χ4n) is 2.13. The van der Waals surface area contributed by atoms with Crippen LogP contribution in [-0.4, -0.2) is 4.98 Å². The molecule has 2 rings (SSSR count). The van der Waals surface area contributed by atoms with Gasteiger partial charge in [0, 0.05) is 21.2 Å². The highest BCUT2D eigenvalue weighted by Crippen LogP contribution is 2.30. The molecule has 0 bridgehead atoms. The number of nitrogens with two attached hydrogens (primary N) is 1. The normalized spacial score (nSPS) is 11.0. The van der Waals surface area contributed by atoms with Gasteiger partial charge in [0.1, 0.15) is 0 Å². The lowest BCUT2D eigenvalue weighted by Gasteiger charge is -2.12. The molecular weight excluding hydrogens is 264 g/mol. The number of nitrogen functional groups attached to an aromatic ring is 1. The number of pyridine rings is 1. The van der Waals surface area contributed by atoms with Crippen LogP contribution in [0.5, 0.6) is 0 Å². The molecule has 0 radical (unpaired) electrons. The predicted octanol–water partition coefficient (Wildman–Crippen LogP) is 3.76. The summed E-state index contributed by atoms with van der Waals surface area (Å²) in [5.74, 6) is 0. The smallest absolute Gasteiger partial charge is 0.0756 e. The Morgan fingerprint density at radius 1 is 1.31 bits per heavy atom. The van der Waals surface area contributed by atoms with Crippen molar-refractivity contribution in [1.82, 2.24) is 4.98 Å². The van der Waals surface area contributed by atoms with Crippen molar-refractivity contribution < 1.29 is 0 Å². The first-order chi connectivity index (χ1) is 7.54. The van der Waals surface area contributed by atoms with E-state index in [9.17, 15) is 0 Å². The van der Waals surface area contributed by atoms with Crippen LogP contribution in [0.25, 0.3) is 10.9 Å². The molecule has 0 aliphatic heterocycles. The van der Waals surface area contributed by atoms with Crippen LogP contribution in [0.4, 0.5) is 5.69 Å². The topological polar surface area (TPSA) is 38.9 Å². The van der Waals surface area contributed by atoms with Crippen molar-refractivity contribution in [2.24, 2.45) is 0 Å². The Hall–Kier alpha value is -1.09. The largest absolute Gasteiger partial charge is 0.398 e. The summed E-state index contributed by atoms with van der Waals surface area (Å²) >= 11 is 3.50. The molecule has 3 heteroatoms. The molecule has 0 amide bonds. The summed E-state index contributed by atoms with van der Waals surface area (Å²) in [5.41, 5.74) is 11.4. The van der Waals surface area contributed by atoms with Crippen molar-refractivity contribution >= 4 is 32.5 Å². The van der Waals surface area contributed by atoms with E-state index >= 15 is 0 Å². The van der Waals surface area contributed by atoms with E-state index in [2.05, 4.69) is 40.8 Å². The average molecular weight is 279 g/mol. The highest BCUT2D eigenvalue weighted by atomic mass is 79.9. The Labute approximate surface area is 104 Å². The number of hydrogen-bond acceptors (Lipinski definition) is 2. The van der Waals surface area contributed by atoms with Gasteiger partial charge in [-0.2, -0.15) is 0 Å². The summed E-state index contributed by atoms with van der Waals surface area (Å²) in [7, 11) is 0. The monoisotopic (exact) mass is 278 g/mol. The summed E-state index contributed by atoms with van der Waals surface area (Å²) < 4.78 is 1.05. The van der Waals surface area contributed by atoms with Gasteiger partial charge in [-0.05, 0) is 43.5 Å². The Bertz CT molecular complexity index is 562. The summed E-state index contributed by atoms with van der Waals surface area (Å²) in [6.07, 6.45) is 0.923. The minimum Gasteiger partial charge on any atom is -0.398 e. The number of nitrogens with zero attached hydrogens (tertiary/aromatic N) is 1. The molecule has 0 unspecified atom stereocenters. The summed E-state index contributed by atoms with van der Waals surface area (Å²) in [6, 6.07) is 4.11. The van der Waals surface area contributed by atoms with E-state index in [1.165, 1.54) is 0 Å². The van der Waals surface area contributed by atoms with Gasteiger partial charge >= 0.3 is 0 Å². The Balaban J connectivity index is 2.93. The maximum Gasteiger partial charge on any atom is 0.0756 e. The number of aromatic nitrogens is 1. The van der Waals surface area contributed by atoms with Crippen molar-refractivity contribution in [3.05, 3.63) is 33.4 Å². The van der Waals surface area contributed by atoms with Crippen molar-refractivity contribution in [2.75, 3.05) is 5.73 Å². The summed E-state index contributed by atoms with van der Waals surface area (Å²) in [6.45, 7) is 6.19. The van der Waals surface area contributed by atoms with Gasteiger partial charge in [-0.15, -0.1) is 0 Å². The lowest BCUT2D eigenvalue weighted by Crippen LogP contribution is -2.01. The molecule has 2 nitrogen and oxygen atoms in total. The zero-order valence-electron chi connectivity index (χ0n) is 9.76. The van der Waals surface area contributed by atoms with Gasteiger partial charge in [0.05, 0.1) is 5.52 Å². The zero-order chi connectivity index (χ0) is 11.9. The standard InChI is InChI=1S/C13H15BrN2/c1-4-10-8(3)16-13-7(2)5-9(14)6-11(13)12(10)15/h5-6H,4H2,1-3H3,(H2,15,16). The van der Waals surface area contributed by atoms with Gasteiger partial charge in [-0.1, -0.05) is 22.9 Å². The number of benzene rings is 1. The third kappa shape index (κ3) is 1.69. The van der Waals surface area contributed by atoms with Gasteiger partial charge in [0.2, 0.25) is 0 Å². The van der Waals surface area contributed by atoms with Crippen LogP contribution in [0.2, 0.25) is 0 Å². The van der Waals surface area contributed by atoms with Gasteiger partial charge in [0.15, 0.2) is 0 Å². The van der Waals surface area contributed by atoms with Crippen LogP contribution in [0.15, 0.2) is 16.6 Å². The Kier molecular flexibility index (Phi) is 2.89. The summed E-state index contributed by atoms with van der Waals surface area (Å²) in [4.78, 5) is 4.65. The molecule has 1 heterocycles. The average Bonchev–Trinajstić information content (AvgIpc) is 2.21. The maximum absolute atomic E-state index is 6.21. The second kappa shape index (κ2) is 4.06. The van der Waals surface area contributed by atoms with E-state index in [0.29, 0.717) is 0 Å².